The lowest BCUT2D eigenvalue weighted by atomic mass is 10.1. The summed E-state index contributed by atoms with van der Waals surface area (Å²) in [6, 6.07) is 0. The molecule has 0 aromatic heterocycles. The molecule has 1 aliphatic rings. The van der Waals surface area contributed by atoms with Gasteiger partial charge in [0.1, 0.15) is 0 Å². The Morgan fingerprint density at radius 1 is 1.55 bits per heavy atom. The van der Waals surface area contributed by atoms with E-state index in [1.165, 1.54) is 13.0 Å². The highest BCUT2D eigenvalue weighted by Gasteiger charge is 2.29. The predicted octanol–water partition coefficient (Wildman–Crippen LogP) is 1.74. The highest BCUT2D eigenvalue weighted by molar-refractivity contribution is 5.09. The lowest BCUT2D eigenvalue weighted by Crippen LogP contribution is -2.40. The Bertz CT molecular complexity index is 176. The van der Waals surface area contributed by atoms with Gasteiger partial charge in [-0.15, -0.1) is 6.42 Å². The maximum Gasteiger partial charge on any atom is 0.0766 e. The minimum atomic E-state index is -0.0369. The van der Waals surface area contributed by atoms with Gasteiger partial charge >= 0.3 is 0 Å². The summed E-state index contributed by atoms with van der Waals surface area (Å²) in [5.41, 5.74) is -0.0369. The van der Waals surface area contributed by atoms with Crippen molar-refractivity contribution in [2.24, 2.45) is 5.92 Å². The molecule has 0 saturated carbocycles. The van der Waals surface area contributed by atoms with Crippen LogP contribution in [-0.2, 0) is 0 Å². The van der Waals surface area contributed by atoms with Crippen molar-refractivity contribution in [3.63, 3.8) is 0 Å². The topological polar surface area (TPSA) is 3.24 Å². The van der Waals surface area contributed by atoms with E-state index in [-0.39, 0.29) is 5.54 Å². The van der Waals surface area contributed by atoms with Gasteiger partial charge in [0.05, 0.1) is 5.54 Å². The van der Waals surface area contributed by atoms with Crippen LogP contribution in [0, 0.1) is 18.3 Å². The molecule has 1 unspecified atom stereocenters. The summed E-state index contributed by atoms with van der Waals surface area (Å²) in [7, 11) is 0. The first-order valence-electron chi connectivity index (χ1n) is 4.29. The molecule has 1 heteroatoms. The molecule has 1 aliphatic heterocycles. The van der Waals surface area contributed by atoms with Crippen LogP contribution in [0.2, 0.25) is 0 Å². The molecule has 0 aliphatic carbocycles. The largest absolute Gasteiger partial charge is 0.287 e. The second-order valence-corrected chi connectivity index (χ2v) is 4.04. The zero-order valence-corrected chi connectivity index (χ0v) is 7.72. The van der Waals surface area contributed by atoms with E-state index in [0.717, 1.165) is 12.5 Å². The number of terminal acetylenes is 1. The number of hydrogen-bond acceptors (Lipinski definition) is 1. The van der Waals surface area contributed by atoms with E-state index < -0.39 is 0 Å². The molecular weight excluding hydrogens is 134 g/mol. The Morgan fingerprint density at radius 3 is 2.55 bits per heavy atom. The van der Waals surface area contributed by atoms with Crippen molar-refractivity contribution in [3.05, 3.63) is 0 Å². The predicted molar refractivity (Wildman–Crippen MR) is 48.3 cm³/mol. The van der Waals surface area contributed by atoms with Crippen LogP contribution in [0.25, 0.3) is 0 Å². The summed E-state index contributed by atoms with van der Waals surface area (Å²) < 4.78 is 0. The molecule has 0 N–H and O–H groups in total. The van der Waals surface area contributed by atoms with Gasteiger partial charge in [-0.2, -0.15) is 0 Å². The van der Waals surface area contributed by atoms with Gasteiger partial charge in [0.2, 0.25) is 0 Å². The number of hydrogen-bond donors (Lipinski definition) is 0. The van der Waals surface area contributed by atoms with Crippen molar-refractivity contribution in [3.8, 4) is 12.3 Å². The molecule has 11 heavy (non-hydrogen) atoms. The van der Waals surface area contributed by atoms with Crippen molar-refractivity contribution in [2.75, 3.05) is 13.1 Å². The first-order valence-corrected chi connectivity index (χ1v) is 4.29. The van der Waals surface area contributed by atoms with Gasteiger partial charge in [-0.1, -0.05) is 12.8 Å². The summed E-state index contributed by atoms with van der Waals surface area (Å²) in [6.45, 7) is 8.85. The molecule has 0 radical (unpaired) electrons. The standard InChI is InChI=1S/C10H17N/c1-5-10(3,4)11-7-6-9(2)8-11/h1,9H,6-8H2,2-4H3. The number of rotatable bonds is 1. The van der Waals surface area contributed by atoms with Crippen molar-refractivity contribution in [1.82, 2.24) is 4.90 Å². The van der Waals surface area contributed by atoms with Gasteiger partial charge in [-0.05, 0) is 32.7 Å². The van der Waals surface area contributed by atoms with E-state index in [2.05, 4.69) is 31.6 Å². The maximum absolute atomic E-state index is 5.44. The van der Waals surface area contributed by atoms with Crippen LogP contribution in [0.3, 0.4) is 0 Å². The quantitative estimate of drug-likeness (QED) is 0.516. The molecule has 1 nitrogen and oxygen atoms in total. The van der Waals surface area contributed by atoms with E-state index in [4.69, 9.17) is 6.42 Å². The number of likely N-dealkylation sites (tertiary alicyclic amines) is 1. The fraction of sp³-hybridized carbons (Fsp3) is 0.800. The second kappa shape index (κ2) is 2.87. The Hall–Kier alpha value is -0.480. The van der Waals surface area contributed by atoms with E-state index in [1.807, 2.05) is 0 Å². The molecule has 1 atom stereocenters. The van der Waals surface area contributed by atoms with Gasteiger partial charge in [0.25, 0.3) is 0 Å². The first kappa shape index (κ1) is 8.62. The molecular formula is C10H17N. The lowest BCUT2D eigenvalue weighted by molar-refractivity contribution is 0.207. The SMILES string of the molecule is C#CC(C)(C)N1CCC(C)C1. The molecule has 1 rings (SSSR count). The Morgan fingerprint density at radius 2 is 2.18 bits per heavy atom. The summed E-state index contributed by atoms with van der Waals surface area (Å²) >= 11 is 0. The van der Waals surface area contributed by atoms with Crippen molar-refractivity contribution in [1.29, 1.82) is 0 Å². The lowest BCUT2D eigenvalue weighted by Gasteiger charge is -2.30. The molecule has 62 valence electrons. The van der Waals surface area contributed by atoms with Crippen molar-refractivity contribution in [2.45, 2.75) is 32.7 Å². The first-order chi connectivity index (χ1) is 5.06. The van der Waals surface area contributed by atoms with Crippen LogP contribution < -0.4 is 0 Å². The third kappa shape index (κ3) is 1.75. The summed E-state index contributed by atoms with van der Waals surface area (Å²) in [4.78, 5) is 2.39. The number of nitrogens with zero attached hydrogens (tertiary/aromatic N) is 1. The van der Waals surface area contributed by atoms with Gasteiger partial charge in [0.15, 0.2) is 0 Å². The van der Waals surface area contributed by atoms with Crippen LogP contribution >= 0.6 is 0 Å². The van der Waals surface area contributed by atoms with Crippen LogP contribution in [-0.4, -0.2) is 23.5 Å². The minimum Gasteiger partial charge on any atom is -0.287 e. The van der Waals surface area contributed by atoms with E-state index >= 15 is 0 Å². The minimum absolute atomic E-state index is 0.0369. The fourth-order valence-electron chi connectivity index (χ4n) is 1.53. The third-order valence-electron chi connectivity index (χ3n) is 2.57. The zero-order valence-electron chi connectivity index (χ0n) is 7.72. The third-order valence-corrected chi connectivity index (χ3v) is 2.57. The van der Waals surface area contributed by atoms with E-state index in [9.17, 15) is 0 Å². The average molecular weight is 151 g/mol. The highest BCUT2D eigenvalue weighted by atomic mass is 15.2. The normalized spacial score (nSPS) is 26.9. The van der Waals surface area contributed by atoms with Crippen LogP contribution in [0.1, 0.15) is 27.2 Å². The Balaban J connectivity index is 2.57. The van der Waals surface area contributed by atoms with Gasteiger partial charge in [-0.25, -0.2) is 0 Å². The van der Waals surface area contributed by atoms with E-state index in [0.29, 0.717) is 0 Å². The van der Waals surface area contributed by atoms with Crippen molar-refractivity contribution < 1.29 is 0 Å². The second-order valence-electron chi connectivity index (χ2n) is 4.04. The molecule has 1 fully saturated rings. The average Bonchev–Trinajstić information content (AvgIpc) is 2.36. The van der Waals surface area contributed by atoms with Crippen LogP contribution in [0.15, 0.2) is 0 Å². The summed E-state index contributed by atoms with van der Waals surface area (Å²) in [6.07, 6.45) is 6.74. The summed E-state index contributed by atoms with van der Waals surface area (Å²) in [5, 5.41) is 0. The molecule has 0 aromatic carbocycles. The van der Waals surface area contributed by atoms with Gasteiger partial charge in [0, 0.05) is 6.54 Å². The smallest absolute Gasteiger partial charge is 0.0766 e. The van der Waals surface area contributed by atoms with E-state index in [1.54, 1.807) is 0 Å². The molecule has 0 spiro atoms. The fourth-order valence-corrected chi connectivity index (χ4v) is 1.53. The molecule has 0 bridgehead atoms. The Labute approximate surface area is 69.8 Å². The van der Waals surface area contributed by atoms with Gasteiger partial charge in [-0.3, -0.25) is 4.90 Å². The molecule has 0 aromatic rings. The van der Waals surface area contributed by atoms with Gasteiger partial charge < -0.3 is 0 Å². The molecule has 0 amide bonds. The van der Waals surface area contributed by atoms with Crippen molar-refractivity contribution >= 4 is 0 Å². The monoisotopic (exact) mass is 151 g/mol. The summed E-state index contributed by atoms with van der Waals surface area (Å²) in [5.74, 6) is 3.65. The molecule has 1 saturated heterocycles. The van der Waals surface area contributed by atoms with Crippen LogP contribution in [0.4, 0.5) is 0 Å². The maximum atomic E-state index is 5.44. The molecule has 1 heterocycles. The zero-order chi connectivity index (χ0) is 8.48. The van der Waals surface area contributed by atoms with Crippen LogP contribution in [0.5, 0.6) is 0 Å². The Kier molecular flexibility index (Phi) is 2.25. The highest BCUT2D eigenvalue weighted by Crippen LogP contribution is 2.23.